The average Bonchev–Trinajstić information content (AvgIpc) is 3.15. The van der Waals surface area contributed by atoms with Gasteiger partial charge >= 0.3 is 0 Å². The van der Waals surface area contributed by atoms with E-state index in [2.05, 4.69) is 5.10 Å². The van der Waals surface area contributed by atoms with Crippen LogP contribution in [-0.2, 0) is 4.79 Å². The second kappa shape index (κ2) is 6.68. The number of nitrogens with zero attached hydrogens (tertiary/aromatic N) is 4. The SMILES string of the molecule is Cc1nn(-c2ccccc2)c2sc(C(=O)N(C)CC(=O)N(C)C)cc12. The van der Waals surface area contributed by atoms with Crippen molar-refractivity contribution >= 4 is 33.4 Å². The second-order valence-corrected chi connectivity index (χ2v) is 7.14. The summed E-state index contributed by atoms with van der Waals surface area (Å²) in [6.45, 7) is 1.99. The van der Waals surface area contributed by atoms with Crippen LogP contribution in [0.1, 0.15) is 15.4 Å². The maximum atomic E-state index is 12.7. The molecular formula is C18H20N4O2S. The van der Waals surface area contributed by atoms with Gasteiger partial charge in [0.1, 0.15) is 4.83 Å². The summed E-state index contributed by atoms with van der Waals surface area (Å²) in [5.74, 6) is -0.265. The van der Waals surface area contributed by atoms with E-state index in [4.69, 9.17) is 0 Å². The van der Waals surface area contributed by atoms with Gasteiger partial charge in [-0.1, -0.05) is 18.2 Å². The van der Waals surface area contributed by atoms with Crippen molar-refractivity contribution < 1.29 is 9.59 Å². The van der Waals surface area contributed by atoms with Gasteiger partial charge < -0.3 is 9.80 Å². The smallest absolute Gasteiger partial charge is 0.264 e. The molecule has 7 heteroatoms. The molecule has 3 rings (SSSR count). The third-order valence-corrected chi connectivity index (χ3v) is 5.07. The topological polar surface area (TPSA) is 58.4 Å². The number of fused-ring (bicyclic) bond motifs is 1. The van der Waals surface area contributed by atoms with E-state index in [0.29, 0.717) is 4.88 Å². The largest absolute Gasteiger partial charge is 0.347 e. The van der Waals surface area contributed by atoms with Crippen LogP contribution in [0, 0.1) is 6.92 Å². The normalized spacial score (nSPS) is 10.9. The molecule has 2 aromatic heterocycles. The number of aryl methyl sites for hydroxylation is 1. The molecule has 6 nitrogen and oxygen atoms in total. The Hall–Kier alpha value is -2.67. The van der Waals surface area contributed by atoms with E-state index in [9.17, 15) is 9.59 Å². The highest BCUT2D eigenvalue weighted by Gasteiger charge is 2.21. The molecule has 0 saturated carbocycles. The first-order valence-corrected chi connectivity index (χ1v) is 8.70. The molecule has 0 fully saturated rings. The van der Waals surface area contributed by atoms with E-state index in [1.807, 2.05) is 48.0 Å². The number of carbonyl (C=O) groups is 2. The number of benzene rings is 1. The number of aromatic nitrogens is 2. The number of likely N-dealkylation sites (N-methyl/N-ethyl adjacent to an activating group) is 2. The van der Waals surface area contributed by atoms with Gasteiger partial charge in [-0.05, 0) is 25.1 Å². The van der Waals surface area contributed by atoms with Crippen LogP contribution >= 0.6 is 11.3 Å². The van der Waals surface area contributed by atoms with Gasteiger partial charge in [0.2, 0.25) is 5.91 Å². The molecule has 3 aromatic rings. The van der Waals surface area contributed by atoms with Crippen LogP contribution in [0.2, 0.25) is 0 Å². The Balaban J connectivity index is 1.94. The lowest BCUT2D eigenvalue weighted by atomic mass is 10.3. The maximum absolute atomic E-state index is 12.7. The van der Waals surface area contributed by atoms with Crippen molar-refractivity contribution in [3.05, 3.63) is 47.0 Å². The summed E-state index contributed by atoms with van der Waals surface area (Å²) in [7, 11) is 5.00. The molecule has 25 heavy (non-hydrogen) atoms. The lowest BCUT2D eigenvalue weighted by Gasteiger charge is -2.18. The molecule has 2 amide bonds. The lowest BCUT2D eigenvalue weighted by molar-refractivity contribution is -0.129. The molecule has 0 aliphatic heterocycles. The van der Waals surface area contributed by atoms with E-state index in [0.717, 1.165) is 21.6 Å². The van der Waals surface area contributed by atoms with Crippen LogP contribution in [0.5, 0.6) is 0 Å². The fourth-order valence-electron chi connectivity index (χ4n) is 2.50. The Kier molecular flexibility index (Phi) is 4.59. The van der Waals surface area contributed by atoms with E-state index in [1.54, 1.807) is 21.1 Å². The van der Waals surface area contributed by atoms with Crippen LogP contribution in [0.25, 0.3) is 15.9 Å². The predicted molar refractivity (Wildman–Crippen MR) is 99.3 cm³/mol. The first-order valence-electron chi connectivity index (χ1n) is 7.88. The Labute approximate surface area is 150 Å². The van der Waals surface area contributed by atoms with Gasteiger partial charge in [-0.2, -0.15) is 5.10 Å². The quantitative estimate of drug-likeness (QED) is 0.722. The minimum Gasteiger partial charge on any atom is -0.347 e. The summed E-state index contributed by atoms with van der Waals surface area (Å²) < 4.78 is 1.86. The number of amides is 2. The van der Waals surface area contributed by atoms with Crippen molar-refractivity contribution in [3.8, 4) is 5.69 Å². The lowest BCUT2D eigenvalue weighted by Crippen LogP contribution is -2.37. The summed E-state index contributed by atoms with van der Waals surface area (Å²) >= 11 is 1.40. The highest BCUT2D eigenvalue weighted by Crippen LogP contribution is 2.30. The number of para-hydroxylation sites is 1. The van der Waals surface area contributed by atoms with Gasteiger partial charge in [0.25, 0.3) is 5.91 Å². The van der Waals surface area contributed by atoms with Crippen LogP contribution in [0.15, 0.2) is 36.4 Å². The maximum Gasteiger partial charge on any atom is 0.264 e. The highest BCUT2D eigenvalue weighted by atomic mass is 32.1. The van der Waals surface area contributed by atoms with Gasteiger partial charge in [0.15, 0.2) is 0 Å². The number of thiophene rings is 1. The van der Waals surface area contributed by atoms with Crippen LogP contribution < -0.4 is 0 Å². The van der Waals surface area contributed by atoms with Gasteiger partial charge in [-0.3, -0.25) is 9.59 Å². The van der Waals surface area contributed by atoms with Gasteiger partial charge in [-0.15, -0.1) is 11.3 Å². The number of carbonyl (C=O) groups excluding carboxylic acids is 2. The minimum absolute atomic E-state index is 0.0594. The molecule has 0 bridgehead atoms. The molecule has 0 unspecified atom stereocenters. The zero-order valence-electron chi connectivity index (χ0n) is 14.7. The molecule has 2 heterocycles. The molecule has 1 aromatic carbocycles. The molecule has 130 valence electrons. The van der Waals surface area contributed by atoms with Gasteiger partial charge in [0, 0.05) is 26.5 Å². The van der Waals surface area contributed by atoms with Crippen LogP contribution in [0.4, 0.5) is 0 Å². The molecule has 0 atom stereocenters. The molecule has 0 aliphatic rings. The molecule has 0 spiro atoms. The fourth-order valence-corrected chi connectivity index (χ4v) is 3.68. The van der Waals surface area contributed by atoms with E-state index in [1.165, 1.54) is 21.1 Å². The monoisotopic (exact) mass is 356 g/mol. The predicted octanol–water partition coefficient (Wildman–Crippen LogP) is 2.56. The summed E-state index contributed by atoms with van der Waals surface area (Å²) in [4.78, 5) is 29.0. The third-order valence-electron chi connectivity index (χ3n) is 3.97. The van der Waals surface area contributed by atoms with Crippen molar-refractivity contribution in [1.29, 1.82) is 0 Å². The molecular weight excluding hydrogens is 336 g/mol. The second-order valence-electron chi connectivity index (χ2n) is 6.11. The highest BCUT2D eigenvalue weighted by molar-refractivity contribution is 7.20. The van der Waals surface area contributed by atoms with Crippen LogP contribution in [-0.4, -0.2) is 59.1 Å². The zero-order chi connectivity index (χ0) is 18.1. The first-order chi connectivity index (χ1) is 11.9. The number of hydrogen-bond donors (Lipinski definition) is 0. The van der Waals surface area contributed by atoms with Gasteiger partial charge in [0.05, 0.1) is 22.8 Å². The van der Waals surface area contributed by atoms with Crippen molar-refractivity contribution in [1.82, 2.24) is 19.6 Å². The molecule has 0 aliphatic carbocycles. The summed E-state index contributed by atoms with van der Waals surface area (Å²) in [5, 5.41) is 5.54. The molecule has 0 radical (unpaired) electrons. The van der Waals surface area contributed by atoms with Crippen molar-refractivity contribution in [2.24, 2.45) is 0 Å². The minimum atomic E-state index is -0.157. The molecule has 0 saturated heterocycles. The summed E-state index contributed by atoms with van der Waals surface area (Å²) in [6, 6.07) is 11.7. The Bertz CT molecular complexity index is 927. The Morgan fingerprint density at radius 2 is 1.84 bits per heavy atom. The van der Waals surface area contributed by atoms with E-state index < -0.39 is 0 Å². The average molecular weight is 356 g/mol. The van der Waals surface area contributed by atoms with Crippen molar-refractivity contribution in [3.63, 3.8) is 0 Å². The van der Waals surface area contributed by atoms with Crippen molar-refractivity contribution in [2.45, 2.75) is 6.92 Å². The molecule has 0 N–H and O–H groups in total. The third kappa shape index (κ3) is 3.28. The number of rotatable bonds is 4. The van der Waals surface area contributed by atoms with Gasteiger partial charge in [-0.25, -0.2) is 4.68 Å². The zero-order valence-corrected chi connectivity index (χ0v) is 15.5. The summed E-state index contributed by atoms with van der Waals surface area (Å²) in [6.07, 6.45) is 0. The van der Waals surface area contributed by atoms with E-state index in [-0.39, 0.29) is 18.4 Å². The number of hydrogen-bond acceptors (Lipinski definition) is 4. The first kappa shape index (κ1) is 17.2. The Morgan fingerprint density at radius 1 is 1.16 bits per heavy atom. The fraction of sp³-hybridized carbons (Fsp3) is 0.278. The van der Waals surface area contributed by atoms with Crippen LogP contribution in [0.3, 0.4) is 0 Å². The summed E-state index contributed by atoms with van der Waals surface area (Å²) in [5.41, 5.74) is 1.83. The van der Waals surface area contributed by atoms with Crippen molar-refractivity contribution in [2.75, 3.05) is 27.7 Å². The Morgan fingerprint density at radius 3 is 2.48 bits per heavy atom. The van der Waals surface area contributed by atoms with E-state index >= 15 is 0 Å². The standard InChI is InChI=1S/C18H20N4O2S/c1-12-14-10-15(17(24)21(4)11-16(23)20(2)3)25-18(14)22(19-12)13-8-6-5-7-9-13/h5-10H,11H2,1-4H3.